The van der Waals surface area contributed by atoms with Gasteiger partial charge >= 0.3 is 5.97 Å². The van der Waals surface area contributed by atoms with Crippen LogP contribution >= 0.6 is 0 Å². The Balaban J connectivity index is 3.39. The van der Waals surface area contributed by atoms with Crippen LogP contribution in [0.1, 0.15) is 77.6 Å². The molecular weight excluding hydrogens is 284 g/mol. The van der Waals surface area contributed by atoms with Crippen molar-refractivity contribution in [2.45, 2.75) is 77.6 Å². The predicted octanol–water partition coefficient (Wildman–Crippen LogP) is 6.61. The molecule has 0 amide bonds. The standard InChI is InChI=1S/C21H34O2/c1-2-3-4-5-6-7-8-9-10-11-12-13-14-15-16-17-18-19-20-21(22)23/h6-7,9-10,12-13,15-16H,2-5,8,11,14,17-20H2,1H3,(H,22,23)/b7-6-,10-9-,13-12-,16-15-. The Morgan fingerprint density at radius 2 is 1.13 bits per heavy atom. The summed E-state index contributed by atoms with van der Waals surface area (Å²) in [5, 5.41) is 8.51. The monoisotopic (exact) mass is 318 g/mol. The number of carboxylic acid groups (broad SMARTS) is 1. The molecule has 0 aliphatic rings. The fourth-order valence-electron chi connectivity index (χ4n) is 2.10. The summed E-state index contributed by atoms with van der Waals surface area (Å²) in [6.07, 6.45) is 28.8. The molecule has 0 aromatic heterocycles. The van der Waals surface area contributed by atoms with E-state index in [1.807, 2.05) is 0 Å². The van der Waals surface area contributed by atoms with Crippen molar-refractivity contribution in [1.29, 1.82) is 0 Å². The first kappa shape index (κ1) is 21.4. The highest BCUT2D eigenvalue weighted by Gasteiger charge is 1.93. The molecule has 0 radical (unpaired) electrons. The van der Waals surface area contributed by atoms with Gasteiger partial charge in [-0.25, -0.2) is 0 Å². The van der Waals surface area contributed by atoms with Crippen molar-refractivity contribution in [2.75, 3.05) is 0 Å². The van der Waals surface area contributed by atoms with Gasteiger partial charge in [0.1, 0.15) is 0 Å². The number of carbonyl (C=O) groups is 1. The summed E-state index contributed by atoms with van der Waals surface area (Å²) in [5.41, 5.74) is 0. The second-order valence-electron chi connectivity index (χ2n) is 5.73. The quantitative estimate of drug-likeness (QED) is 0.272. The largest absolute Gasteiger partial charge is 0.481 e. The van der Waals surface area contributed by atoms with Gasteiger partial charge in [0.05, 0.1) is 0 Å². The van der Waals surface area contributed by atoms with Crippen molar-refractivity contribution < 1.29 is 9.90 Å². The maximum absolute atomic E-state index is 10.3. The SMILES string of the molecule is CCCCC/C=C\C/C=C\C/C=C\C/C=C\CCCCC(=O)O. The summed E-state index contributed by atoms with van der Waals surface area (Å²) in [6.45, 7) is 2.23. The molecule has 2 nitrogen and oxygen atoms in total. The summed E-state index contributed by atoms with van der Waals surface area (Å²) in [6, 6.07) is 0. The minimum Gasteiger partial charge on any atom is -0.481 e. The molecule has 1 N–H and O–H groups in total. The number of hydrogen-bond donors (Lipinski definition) is 1. The molecule has 0 saturated carbocycles. The molecule has 0 atom stereocenters. The first-order valence-corrected chi connectivity index (χ1v) is 9.09. The lowest BCUT2D eigenvalue weighted by Gasteiger charge is -1.92. The molecule has 0 aliphatic heterocycles. The second-order valence-corrected chi connectivity index (χ2v) is 5.73. The van der Waals surface area contributed by atoms with Gasteiger partial charge in [-0.05, 0) is 51.4 Å². The molecule has 0 saturated heterocycles. The zero-order chi connectivity index (χ0) is 17.0. The third-order valence-electron chi connectivity index (χ3n) is 3.47. The summed E-state index contributed by atoms with van der Waals surface area (Å²) < 4.78 is 0. The van der Waals surface area contributed by atoms with E-state index < -0.39 is 5.97 Å². The van der Waals surface area contributed by atoms with Crippen molar-refractivity contribution >= 4 is 5.97 Å². The van der Waals surface area contributed by atoms with Crippen LogP contribution in [0.2, 0.25) is 0 Å². The lowest BCUT2D eigenvalue weighted by atomic mass is 10.2. The predicted molar refractivity (Wildman–Crippen MR) is 101 cm³/mol. The molecule has 0 aliphatic carbocycles. The van der Waals surface area contributed by atoms with Crippen LogP contribution in [-0.4, -0.2) is 11.1 Å². The number of aliphatic carboxylic acids is 1. The maximum atomic E-state index is 10.3. The van der Waals surface area contributed by atoms with Crippen molar-refractivity contribution in [3.8, 4) is 0 Å². The lowest BCUT2D eigenvalue weighted by molar-refractivity contribution is -0.137. The second kappa shape index (κ2) is 18.5. The molecule has 0 fully saturated rings. The molecular formula is C21H34O2. The van der Waals surface area contributed by atoms with Gasteiger partial charge in [-0.1, -0.05) is 68.4 Å². The van der Waals surface area contributed by atoms with Gasteiger partial charge in [0.25, 0.3) is 0 Å². The van der Waals surface area contributed by atoms with E-state index in [0.29, 0.717) is 0 Å². The Bertz CT molecular complexity index is 375. The summed E-state index contributed by atoms with van der Waals surface area (Å²) in [4.78, 5) is 10.3. The van der Waals surface area contributed by atoms with Crippen LogP contribution in [0.25, 0.3) is 0 Å². The Morgan fingerprint density at radius 3 is 1.57 bits per heavy atom. The van der Waals surface area contributed by atoms with E-state index >= 15 is 0 Å². The van der Waals surface area contributed by atoms with Gasteiger partial charge in [0.15, 0.2) is 0 Å². The minimum atomic E-state index is -0.697. The maximum Gasteiger partial charge on any atom is 0.303 e. The van der Waals surface area contributed by atoms with E-state index in [4.69, 9.17) is 5.11 Å². The highest BCUT2D eigenvalue weighted by molar-refractivity contribution is 5.66. The van der Waals surface area contributed by atoms with E-state index in [-0.39, 0.29) is 6.42 Å². The Morgan fingerprint density at radius 1 is 0.696 bits per heavy atom. The summed E-state index contributed by atoms with van der Waals surface area (Å²) >= 11 is 0. The number of hydrogen-bond acceptors (Lipinski definition) is 1. The number of unbranched alkanes of at least 4 members (excludes halogenated alkanes) is 5. The van der Waals surface area contributed by atoms with Gasteiger partial charge in [-0.3, -0.25) is 4.79 Å². The third-order valence-corrected chi connectivity index (χ3v) is 3.47. The third kappa shape index (κ3) is 20.4. The van der Waals surface area contributed by atoms with Crippen LogP contribution in [0, 0.1) is 0 Å². The number of carboxylic acids is 1. The first-order valence-electron chi connectivity index (χ1n) is 9.09. The van der Waals surface area contributed by atoms with Gasteiger partial charge in [0.2, 0.25) is 0 Å². The number of allylic oxidation sites excluding steroid dienone is 8. The highest BCUT2D eigenvalue weighted by Crippen LogP contribution is 2.02. The molecule has 23 heavy (non-hydrogen) atoms. The normalized spacial score (nSPS) is 12.4. The molecule has 0 bridgehead atoms. The van der Waals surface area contributed by atoms with E-state index in [1.54, 1.807) is 0 Å². The highest BCUT2D eigenvalue weighted by atomic mass is 16.4. The molecule has 0 heterocycles. The van der Waals surface area contributed by atoms with Crippen molar-refractivity contribution in [3.05, 3.63) is 48.6 Å². The van der Waals surface area contributed by atoms with Crippen molar-refractivity contribution in [2.24, 2.45) is 0 Å². The van der Waals surface area contributed by atoms with Crippen LogP contribution in [0.4, 0.5) is 0 Å². The number of rotatable bonds is 15. The smallest absolute Gasteiger partial charge is 0.303 e. The summed E-state index contributed by atoms with van der Waals surface area (Å²) in [7, 11) is 0. The Labute approximate surface area is 142 Å². The fourth-order valence-corrected chi connectivity index (χ4v) is 2.10. The first-order chi connectivity index (χ1) is 11.3. The van der Waals surface area contributed by atoms with Crippen LogP contribution in [0.15, 0.2) is 48.6 Å². The molecule has 2 heteroatoms. The van der Waals surface area contributed by atoms with Gasteiger partial charge in [-0.2, -0.15) is 0 Å². The fraction of sp³-hybridized carbons (Fsp3) is 0.571. The molecule has 0 spiro atoms. The van der Waals surface area contributed by atoms with Crippen LogP contribution in [0.5, 0.6) is 0 Å². The van der Waals surface area contributed by atoms with Gasteiger partial charge < -0.3 is 5.11 Å². The Hall–Kier alpha value is -1.57. The molecule has 0 aromatic rings. The topological polar surface area (TPSA) is 37.3 Å². The minimum absolute atomic E-state index is 0.286. The zero-order valence-corrected chi connectivity index (χ0v) is 14.8. The molecule has 0 rings (SSSR count). The Kier molecular flexibility index (Phi) is 17.2. The van der Waals surface area contributed by atoms with Crippen LogP contribution < -0.4 is 0 Å². The van der Waals surface area contributed by atoms with Crippen molar-refractivity contribution in [3.63, 3.8) is 0 Å². The summed E-state index contributed by atoms with van der Waals surface area (Å²) in [5.74, 6) is -0.697. The lowest BCUT2D eigenvalue weighted by Crippen LogP contribution is -1.92. The zero-order valence-electron chi connectivity index (χ0n) is 14.8. The van der Waals surface area contributed by atoms with Crippen molar-refractivity contribution in [1.82, 2.24) is 0 Å². The van der Waals surface area contributed by atoms with Gasteiger partial charge in [0, 0.05) is 6.42 Å². The molecule has 130 valence electrons. The average Bonchev–Trinajstić information content (AvgIpc) is 2.53. The molecule has 0 unspecified atom stereocenters. The van der Waals surface area contributed by atoms with Gasteiger partial charge in [-0.15, -0.1) is 0 Å². The average molecular weight is 319 g/mol. The van der Waals surface area contributed by atoms with E-state index in [0.717, 1.165) is 38.5 Å². The van der Waals surface area contributed by atoms with E-state index in [9.17, 15) is 4.79 Å². The molecule has 0 aromatic carbocycles. The van der Waals surface area contributed by atoms with E-state index in [1.165, 1.54) is 25.7 Å². The van der Waals surface area contributed by atoms with Crippen LogP contribution in [-0.2, 0) is 4.79 Å². The van der Waals surface area contributed by atoms with Crippen LogP contribution in [0.3, 0.4) is 0 Å². The van der Waals surface area contributed by atoms with E-state index in [2.05, 4.69) is 55.5 Å².